The predicted molar refractivity (Wildman–Crippen MR) is 121 cm³/mol. The number of ether oxygens (including phenoxy) is 1. The standard InChI is InChI=1S/C24H29N3O5/c1-24(2,3)26-20(28)15-27(4)21(29)16-32-22(30)14-25-23(31)19-12-10-18(11-13-19)17-8-6-5-7-9-17/h5-13H,14-16H2,1-4H3,(H,25,31)(H,26,28). The third kappa shape index (κ3) is 8.22. The van der Waals surface area contributed by atoms with Crippen LogP contribution in [0.2, 0.25) is 0 Å². The Kier molecular flexibility index (Phi) is 8.52. The summed E-state index contributed by atoms with van der Waals surface area (Å²) in [7, 11) is 1.44. The number of hydrogen-bond donors (Lipinski definition) is 2. The maximum atomic E-state index is 12.2. The highest BCUT2D eigenvalue weighted by Crippen LogP contribution is 2.19. The Hall–Kier alpha value is -3.68. The first-order valence-electron chi connectivity index (χ1n) is 10.2. The fourth-order valence-corrected chi connectivity index (χ4v) is 2.76. The Morgan fingerprint density at radius 1 is 0.906 bits per heavy atom. The molecular weight excluding hydrogens is 410 g/mol. The number of rotatable bonds is 8. The fraction of sp³-hybridized carbons (Fsp3) is 0.333. The Balaban J connectivity index is 1.75. The Labute approximate surface area is 187 Å². The number of likely N-dealkylation sites (N-methyl/N-ethyl adjacent to an activating group) is 1. The number of nitrogens with zero attached hydrogens (tertiary/aromatic N) is 1. The molecule has 0 aromatic heterocycles. The second-order valence-electron chi connectivity index (χ2n) is 8.33. The molecule has 0 saturated heterocycles. The van der Waals surface area contributed by atoms with E-state index in [4.69, 9.17) is 4.74 Å². The van der Waals surface area contributed by atoms with Crippen LogP contribution in [-0.2, 0) is 19.1 Å². The van der Waals surface area contributed by atoms with Crippen LogP contribution in [-0.4, -0.2) is 60.9 Å². The summed E-state index contributed by atoms with van der Waals surface area (Å²) in [5.41, 5.74) is 2.00. The average molecular weight is 440 g/mol. The zero-order valence-electron chi connectivity index (χ0n) is 18.8. The van der Waals surface area contributed by atoms with Crippen molar-refractivity contribution in [1.82, 2.24) is 15.5 Å². The van der Waals surface area contributed by atoms with E-state index >= 15 is 0 Å². The molecule has 2 rings (SSSR count). The molecule has 2 aromatic carbocycles. The van der Waals surface area contributed by atoms with Crippen molar-refractivity contribution in [2.75, 3.05) is 26.7 Å². The van der Waals surface area contributed by atoms with Crippen LogP contribution < -0.4 is 10.6 Å². The number of nitrogens with one attached hydrogen (secondary N) is 2. The molecule has 8 nitrogen and oxygen atoms in total. The lowest BCUT2D eigenvalue weighted by Gasteiger charge is -2.23. The molecular formula is C24H29N3O5. The van der Waals surface area contributed by atoms with Crippen LogP contribution in [0.5, 0.6) is 0 Å². The number of carbonyl (C=O) groups excluding carboxylic acids is 4. The fourth-order valence-electron chi connectivity index (χ4n) is 2.76. The lowest BCUT2D eigenvalue weighted by atomic mass is 10.0. The number of hydrogen-bond acceptors (Lipinski definition) is 5. The van der Waals surface area contributed by atoms with Crippen molar-refractivity contribution in [1.29, 1.82) is 0 Å². The summed E-state index contributed by atoms with van der Waals surface area (Å²) in [5, 5.41) is 5.21. The predicted octanol–water partition coefficient (Wildman–Crippen LogP) is 2.00. The summed E-state index contributed by atoms with van der Waals surface area (Å²) >= 11 is 0. The van der Waals surface area contributed by atoms with Crippen LogP contribution in [0.3, 0.4) is 0 Å². The maximum absolute atomic E-state index is 12.2. The number of esters is 1. The van der Waals surface area contributed by atoms with Gasteiger partial charge in [0.15, 0.2) is 6.61 Å². The number of benzene rings is 2. The summed E-state index contributed by atoms with van der Waals surface area (Å²) in [6.07, 6.45) is 0. The van der Waals surface area contributed by atoms with Gasteiger partial charge in [-0.15, -0.1) is 0 Å². The Bertz CT molecular complexity index is 950. The maximum Gasteiger partial charge on any atom is 0.325 e. The van der Waals surface area contributed by atoms with E-state index in [2.05, 4.69) is 10.6 Å². The summed E-state index contributed by atoms with van der Waals surface area (Å²) < 4.78 is 4.89. The van der Waals surface area contributed by atoms with Crippen molar-refractivity contribution < 1.29 is 23.9 Å². The molecule has 0 bridgehead atoms. The molecule has 2 N–H and O–H groups in total. The van der Waals surface area contributed by atoms with Gasteiger partial charge in [0.05, 0.1) is 6.54 Å². The largest absolute Gasteiger partial charge is 0.454 e. The quantitative estimate of drug-likeness (QED) is 0.612. The van der Waals surface area contributed by atoms with Crippen molar-refractivity contribution >= 4 is 23.7 Å². The number of carbonyl (C=O) groups is 4. The lowest BCUT2D eigenvalue weighted by molar-refractivity contribution is -0.151. The minimum atomic E-state index is -0.750. The van der Waals surface area contributed by atoms with Gasteiger partial charge in [-0.05, 0) is 44.0 Å². The molecule has 3 amide bonds. The normalized spacial score (nSPS) is 10.8. The molecule has 0 saturated carbocycles. The molecule has 0 spiro atoms. The van der Waals surface area contributed by atoms with Crippen molar-refractivity contribution in [3.05, 3.63) is 60.2 Å². The van der Waals surface area contributed by atoms with Crippen molar-refractivity contribution in [3.63, 3.8) is 0 Å². The van der Waals surface area contributed by atoms with E-state index < -0.39 is 29.9 Å². The highest BCUT2D eigenvalue weighted by molar-refractivity contribution is 5.96. The molecule has 0 heterocycles. The third-order valence-corrected chi connectivity index (χ3v) is 4.33. The second kappa shape index (κ2) is 11.1. The smallest absolute Gasteiger partial charge is 0.325 e. The molecule has 32 heavy (non-hydrogen) atoms. The van der Waals surface area contributed by atoms with Crippen LogP contribution in [0.15, 0.2) is 54.6 Å². The lowest BCUT2D eigenvalue weighted by Crippen LogP contribution is -2.47. The van der Waals surface area contributed by atoms with Crippen LogP contribution in [0.25, 0.3) is 11.1 Å². The molecule has 0 aliphatic heterocycles. The van der Waals surface area contributed by atoms with Crippen molar-refractivity contribution in [3.8, 4) is 11.1 Å². The first-order chi connectivity index (χ1) is 15.0. The van der Waals surface area contributed by atoms with E-state index in [1.54, 1.807) is 12.1 Å². The van der Waals surface area contributed by atoms with Crippen molar-refractivity contribution in [2.24, 2.45) is 0 Å². The summed E-state index contributed by atoms with van der Waals surface area (Å²) in [6, 6.07) is 16.7. The molecule has 0 unspecified atom stereocenters. The van der Waals surface area contributed by atoms with E-state index in [1.807, 2.05) is 63.2 Å². The second-order valence-corrected chi connectivity index (χ2v) is 8.33. The first kappa shape index (κ1) is 24.6. The van der Waals surface area contributed by atoms with Crippen LogP contribution in [0.1, 0.15) is 31.1 Å². The molecule has 0 aliphatic rings. The van der Waals surface area contributed by atoms with E-state index in [0.717, 1.165) is 11.1 Å². The Morgan fingerprint density at radius 2 is 1.50 bits per heavy atom. The van der Waals surface area contributed by atoms with Gasteiger partial charge in [-0.25, -0.2) is 0 Å². The highest BCUT2D eigenvalue weighted by atomic mass is 16.5. The van der Waals surface area contributed by atoms with Crippen LogP contribution >= 0.6 is 0 Å². The zero-order valence-corrected chi connectivity index (χ0v) is 18.8. The summed E-state index contributed by atoms with van der Waals surface area (Å²) in [5.74, 6) is -2.01. The summed E-state index contributed by atoms with van der Waals surface area (Å²) in [6.45, 7) is 4.46. The van der Waals surface area contributed by atoms with Gasteiger partial charge in [0.1, 0.15) is 6.54 Å². The molecule has 0 aliphatic carbocycles. The zero-order chi connectivity index (χ0) is 23.7. The minimum absolute atomic E-state index is 0.149. The monoisotopic (exact) mass is 439 g/mol. The molecule has 0 atom stereocenters. The van der Waals surface area contributed by atoms with Gasteiger partial charge in [0.2, 0.25) is 5.91 Å². The molecule has 2 aromatic rings. The Morgan fingerprint density at radius 3 is 2.09 bits per heavy atom. The van der Waals surface area contributed by atoms with Crippen molar-refractivity contribution in [2.45, 2.75) is 26.3 Å². The van der Waals surface area contributed by atoms with E-state index in [0.29, 0.717) is 5.56 Å². The first-order valence-corrected chi connectivity index (χ1v) is 10.2. The number of amides is 3. The molecule has 0 radical (unpaired) electrons. The van der Waals surface area contributed by atoms with Gasteiger partial charge in [-0.1, -0.05) is 42.5 Å². The molecule has 170 valence electrons. The van der Waals surface area contributed by atoms with E-state index in [1.165, 1.54) is 11.9 Å². The SMILES string of the molecule is CN(CC(=O)NC(C)(C)C)C(=O)COC(=O)CNC(=O)c1ccc(-c2ccccc2)cc1. The van der Waals surface area contributed by atoms with Gasteiger partial charge < -0.3 is 20.3 Å². The summed E-state index contributed by atoms with van der Waals surface area (Å²) in [4.78, 5) is 49.2. The molecule has 8 heteroatoms. The van der Waals surface area contributed by atoms with Crippen LogP contribution in [0.4, 0.5) is 0 Å². The van der Waals surface area contributed by atoms with E-state index in [9.17, 15) is 19.2 Å². The van der Waals surface area contributed by atoms with Gasteiger partial charge in [-0.3, -0.25) is 19.2 Å². The third-order valence-electron chi connectivity index (χ3n) is 4.33. The van der Waals surface area contributed by atoms with Gasteiger partial charge in [0, 0.05) is 18.2 Å². The van der Waals surface area contributed by atoms with Gasteiger partial charge >= 0.3 is 5.97 Å². The van der Waals surface area contributed by atoms with Crippen LogP contribution in [0, 0.1) is 0 Å². The van der Waals surface area contributed by atoms with Gasteiger partial charge in [-0.2, -0.15) is 0 Å². The topological polar surface area (TPSA) is 105 Å². The highest BCUT2D eigenvalue weighted by Gasteiger charge is 2.19. The molecule has 0 fully saturated rings. The van der Waals surface area contributed by atoms with E-state index in [-0.39, 0.29) is 19.0 Å². The minimum Gasteiger partial charge on any atom is -0.454 e. The van der Waals surface area contributed by atoms with Gasteiger partial charge in [0.25, 0.3) is 11.8 Å². The average Bonchev–Trinajstić information content (AvgIpc) is 2.75.